The van der Waals surface area contributed by atoms with Gasteiger partial charge in [-0.1, -0.05) is 25.1 Å². The molecule has 1 heterocycles. The lowest BCUT2D eigenvalue weighted by Gasteiger charge is -2.36. The molecule has 2 N–H and O–H groups in total. The van der Waals surface area contributed by atoms with Crippen LogP contribution in [-0.4, -0.2) is 36.3 Å². The van der Waals surface area contributed by atoms with Gasteiger partial charge in [-0.3, -0.25) is 0 Å². The van der Waals surface area contributed by atoms with Crippen LogP contribution in [0.3, 0.4) is 0 Å². The van der Waals surface area contributed by atoms with Crippen LogP contribution in [0.2, 0.25) is 0 Å². The van der Waals surface area contributed by atoms with E-state index in [4.69, 9.17) is 5.73 Å². The largest absolute Gasteiger partial charge is 0.326 e. The van der Waals surface area contributed by atoms with Crippen LogP contribution in [0.4, 0.5) is 0 Å². The quantitative estimate of drug-likeness (QED) is 0.922. The van der Waals surface area contributed by atoms with Gasteiger partial charge in [0.05, 0.1) is 4.90 Å². The average molecular weight is 300 g/mol. The van der Waals surface area contributed by atoms with E-state index in [-0.39, 0.29) is 12.6 Å². The van der Waals surface area contributed by atoms with Gasteiger partial charge in [-0.2, -0.15) is 16.1 Å². The van der Waals surface area contributed by atoms with E-state index < -0.39 is 10.0 Å². The molecule has 1 aliphatic rings. The number of hydrogen-bond donors (Lipinski definition) is 1. The number of hydrogen-bond acceptors (Lipinski definition) is 4. The minimum Gasteiger partial charge on any atom is -0.326 e. The van der Waals surface area contributed by atoms with Gasteiger partial charge in [0, 0.05) is 30.1 Å². The van der Waals surface area contributed by atoms with Gasteiger partial charge in [0.1, 0.15) is 0 Å². The highest BCUT2D eigenvalue weighted by Gasteiger charge is 2.35. The molecule has 0 spiro atoms. The van der Waals surface area contributed by atoms with Gasteiger partial charge in [-0.25, -0.2) is 8.42 Å². The van der Waals surface area contributed by atoms with Crippen molar-refractivity contribution in [1.29, 1.82) is 0 Å². The fourth-order valence-electron chi connectivity index (χ4n) is 2.30. The Labute approximate surface area is 119 Å². The summed E-state index contributed by atoms with van der Waals surface area (Å²) >= 11 is 1.82. The Balaban J connectivity index is 2.42. The van der Waals surface area contributed by atoms with Crippen molar-refractivity contribution in [3.05, 3.63) is 29.8 Å². The smallest absolute Gasteiger partial charge is 0.243 e. The maximum atomic E-state index is 12.8. The lowest BCUT2D eigenvalue weighted by Crippen LogP contribution is -2.48. The topological polar surface area (TPSA) is 63.4 Å². The summed E-state index contributed by atoms with van der Waals surface area (Å²) in [7, 11) is -3.45. The predicted octanol–water partition coefficient (Wildman–Crippen LogP) is 1.66. The number of rotatable bonds is 3. The summed E-state index contributed by atoms with van der Waals surface area (Å²) in [5.74, 6) is 0.843. The molecule has 0 bridgehead atoms. The first kappa shape index (κ1) is 14.8. The van der Waals surface area contributed by atoms with Crippen LogP contribution in [0.5, 0.6) is 0 Å². The molecule has 2 rings (SSSR count). The molecule has 4 nitrogen and oxygen atoms in total. The van der Waals surface area contributed by atoms with Crippen LogP contribution in [0, 0.1) is 0 Å². The molecule has 0 aromatic heterocycles. The molecule has 1 aromatic rings. The molecule has 6 heteroatoms. The van der Waals surface area contributed by atoms with Crippen LogP contribution in [0.15, 0.2) is 29.2 Å². The highest BCUT2D eigenvalue weighted by atomic mass is 32.2. The fourth-order valence-corrected chi connectivity index (χ4v) is 5.52. The number of nitrogens with zero attached hydrogens (tertiary/aromatic N) is 1. The first-order valence-electron chi connectivity index (χ1n) is 6.40. The molecule has 1 aromatic carbocycles. The predicted molar refractivity (Wildman–Crippen MR) is 79.6 cm³/mol. The van der Waals surface area contributed by atoms with Gasteiger partial charge in [0.25, 0.3) is 0 Å². The van der Waals surface area contributed by atoms with Gasteiger partial charge in [0.15, 0.2) is 0 Å². The van der Waals surface area contributed by atoms with Crippen molar-refractivity contribution < 1.29 is 8.42 Å². The van der Waals surface area contributed by atoms with Crippen LogP contribution in [0.1, 0.15) is 19.4 Å². The molecule has 19 heavy (non-hydrogen) atoms. The van der Waals surface area contributed by atoms with Crippen molar-refractivity contribution in [2.75, 3.05) is 12.3 Å². The van der Waals surface area contributed by atoms with Crippen LogP contribution in [-0.2, 0) is 16.6 Å². The van der Waals surface area contributed by atoms with Gasteiger partial charge in [-0.15, -0.1) is 0 Å². The number of sulfonamides is 1. The van der Waals surface area contributed by atoms with Crippen LogP contribution >= 0.6 is 11.8 Å². The normalized spacial score (nSPS) is 25.4. The number of nitrogens with two attached hydrogens (primary N) is 1. The molecule has 0 saturated carbocycles. The van der Waals surface area contributed by atoms with Gasteiger partial charge in [-0.05, 0) is 18.6 Å². The second kappa shape index (κ2) is 5.83. The molecule has 106 valence electrons. The van der Waals surface area contributed by atoms with Crippen molar-refractivity contribution in [2.24, 2.45) is 5.73 Å². The minimum absolute atomic E-state index is 0.00887. The Kier molecular flexibility index (Phi) is 4.55. The molecule has 0 radical (unpaired) electrons. The van der Waals surface area contributed by atoms with E-state index in [1.807, 2.05) is 24.8 Å². The minimum atomic E-state index is -3.45. The lowest BCUT2D eigenvalue weighted by atomic mass is 10.2. The highest BCUT2D eigenvalue weighted by Crippen LogP contribution is 2.30. The molecule has 0 amide bonds. The second-order valence-corrected chi connectivity index (χ2v) is 8.09. The van der Waals surface area contributed by atoms with E-state index in [1.54, 1.807) is 22.5 Å². The zero-order chi connectivity index (χ0) is 14.0. The van der Waals surface area contributed by atoms with E-state index in [9.17, 15) is 8.42 Å². The monoisotopic (exact) mass is 300 g/mol. The van der Waals surface area contributed by atoms with Gasteiger partial charge >= 0.3 is 0 Å². The Bertz CT molecular complexity index is 545. The van der Waals surface area contributed by atoms with Crippen molar-refractivity contribution in [3.63, 3.8) is 0 Å². The van der Waals surface area contributed by atoms with E-state index in [2.05, 4.69) is 6.92 Å². The zero-order valence-electron chi connectivity index (χ0n) is 11.2. The summed E-state index contributed by atoms with van der Waals surface area (Å²) in [5.41, 5.74) is 6.33. The standard InChI is InChI=1S/C13H20N2O2S2/c1-10-11(2)18-8-7-15(10)19(16,17)13-6-4-3-5-12(13)9-14/h3-6,10-11H,7-9,14H2,1-2H3. The number of thioether (sulfide) groups is 1. The van der Waals surface area contributed by atoms with Crippen molar-refractivity contribution in [1.82, 2.24) is 4.31 Å². The van der Waals surface area contributed by atoms with Crippen molar-refractivity contribution in [3.8, 4) is 0 Å². The fraction of sp³-hybridized carbons (Fsp3) is 0.538. The summed E-state index contributed by atoms with van der Waals surface area (Å²) in [6.45, 7) is 4.85. The number of benzene rings is 1. The van der Waals surface area contributed by atoms with Crippen molar-refractivity contribution >= 4 is 21.8 Å². The van der Waals surface area contributed by atoms with E-state index in [0.717, 1.165) is 5.75 Å². The van der Waals surface area contributed by atoms with E-state index in [0.29, 0.717) is 22.3 Å². The Morgan fingerprint density at radius 3 is 2.74 bits per heavy atom. The summed E-state index contributed by atoms with van der Waals surface area (Å²) in [6.07, 6.45) is 0. The highest BCUT2D eigenvalue weighted by molar-refractivity contribution is 8.00. The first-order valence-corrected chi connectivity index (χ1v) is 8.88. The molecule has 0 aliphatic carbocycles. The van der Waals surface area contributed by atoms with Gasteiger partial charge < -0.3 is 5.73 Å². The summed E-state index contributed by atoms with van der Waals surface area (Å²) in [5, 5.41) is 0.313. The van der Waals surface area contributed by atoms with Crippen molar-refractivity contribution in [2.45, 2.75) is 36.6 Å². The SMILES string of the molecule is CC1SCCN(S(=O)(=O)c2ccccc2CN)C1C. The Hall–Kier alpha value is -0.560. The van der Waals surface area contributed by atoms with Gasteiger partial charge in [0.2, 0.25) is 10.0 Å². The molecule has 1 aliphatic heterocycles. The van der Waals surface area contributed by atoms with Crippen LogP contribution in [0.25, 0.3) is 0 Å². The third-order valence-corrected chi connectivity index (χ3v) is 7.03. The Morgan fingerprint density at radius 1 is 1.37 bits per heavy atom. The third kappa shape index (κ3) is 2.81. The Morgan fingerprint density at radius 2 is 2.05 bits per heavy atom. The molecule has 1 saturated heterocycles. The molecule has 2 unspecified atom stereocenters. The lowest BCUT2D eigenvalue weighted by molar-refractivity contribution is 0.340. The third-order valence-electron chi connectivity index (χ3n) is 3.61. The molecular weight excluding hydrogens is 280 g/mol. The van der Waals surface area contributed by atoms with Crippen LogP contribution < -0.4 is 5.73 Å². The second-order valence-electron chi connectivity index (χ2n) is 4.74. The zero-order valence-corrected chi connectivity index (χ0v) is 12.9. The maximum absolute atomic E-state index is 12.8. The average Bonchev–Trinajstić information content (AvgIpc) is 2.41. The maximum Gasteiger partial charge on any atom is 0.243 e. The van der Waals surface area contributed by atoms with E-state index in [1.165, 1.54) is 0 Å². The molecule has 2 atom stereocenters. The first-order chi connectivity index (χ1) is 8.98. The molecular formula is C13H20N2O2S2. The molecule has 1 fully saturated rings. The summed E-state index contributed by atoms with van der Waals surface area (Å²) in [6, 6.07) is 7.00. The summed E-state index contributed by atoms with van der Waals surface area (Å²) < 4.78 is 27.2. The van der Waals surface area contributed by atoms with E-state index >= 15 is 0 Å². The summed E-state index contributed by atoms with van der Waals surface area (Å²) in [4.78, 5) is 0.350.